The standard InChI is InChI=1S/C8H7NO4/c9-2-1-4-3-5(10)7(12)8(13)6(4)11/h3,10-13H,1H2. The van der Waals surface area contributed by atoms with E-state index in [0.717, 1.165) is 6.07 Å². The van der Waals surface area contributed by atoms with Crippen molar-refractivity contribution < 1.29 is 20.4 Å². The predicted octanol–water partition coefficient (Wildman–Crippen LogP) is 0.575. The van der Waals surface area contributed by atoms with Gasteiger partial charge in [0, 0.05) is 5.56 Å². The van der Waals surface area contributed by atoms with E-state index in [1.807, 2.05) is 0 Å². The molecule has 0 saturated heterocycles. The topological polar surface area (TPSA) is 105 Å². The van der Waals surface area contributed by atoms with Gasteiger partial charge in [-0.1, -0.05) is 0 Å². The zero-order valence-electron chi connectivity index (χ0n) is 6.52. The minimum absolute atomic E-state index is 0.0651. The van der Waals surface area contributed by atoms with Crippen molar-refractivity contribution in [3.8, 4) is 29.1 Å². The summed E-state index contributed by atoms with van der Waals surface area (Å²) >= 11 is 0. The quantitative estimate of drug-likeness (QED) is 0.374. The van der Waals surface area contributed by atoms with Gasteiger partial charge >= 0.3 is 0 Å². The minimum atomic E-state index is -0.815. The lowest BCUT2D eigenvalue weighted by molar-refractivity contribution is 0.344. The predicted molar refractivity (Wildman–Crippen MR) is 42.4 cm³/mol. The summed E-state index contributed by atoms with van der Waals surface area (Å²) in [4.78, 5) is 0. The summed E-state index contributed by atoms with van der Waals surface area (Å²) in [5.74, 6) is -2.76. The fourth-order valence-electron chi connectivity index (χ4n) is 0.907. The van der Waals surface area contributed by atoms with Gasteiger partial charge in [-0.2, -0.15) is 5.26 Å². The van der Waals surface area contributed by atoms with Crippen molar-refractivity contribution in [3.05, 3.63) is 11.6 Å². The molecule has 0 aliphatic rings. The number of nitrogens with zero attached hydrogens (tertiary/aromatic N) is 1. The smallest absolute Gasteiger partial charge is 0.204 e. The van der Waals surface area contributed by atoms with Crippen LogP contribution in [0, 0.1) is 11.3 Å². The summed E-state index contributed by atoms with van der Waals surface area (Å²) in [5, 5.41) is 44.4. The average Bonchev–Trinajstić information content (AvgIpc) is 2.11. The SMILES string of the molecule is N#CCc1cc(O)c(O)c(O)c1O. The molecular formula is C8H7NO4. The zero-order valence-corrected chi connectivity index (χ0v) is 6.52. The molecule has 5 nitrogen and oxygen atoms in total. The normalized spacial score (nSPS) is 9.46. The first-order valence-corrected chi connectivity index (χ1v) is 3.40. The first-order chi connectivity index (χ1) is 6.07. The fraction of sp³-hybridized carbons (Fsp3) is 0.125. The van der Waals surface area contributed by atoms with Gasteiger partial charge in [0.1, 0.15) is 0 Å². The van der Waals surface area contributed by atoms with Crippen LogP contribution in [0.3, 0.4) is 0 Å². The summed E-state index contributed by atoms with van der Waals surface area (Å²) in [6, 6.07) is 2.76. The molecule has 1 aromatic rings. The van der Waals surface area contributed by atoms with Gasteiger partial charge in [0.25, 0.3) is 0 Å². The summed E-state index contributed by atoms with van der Waals surface area (Å²) < 4.78 is 0. The summed E-state index contributed by atoms with van der Waals surface area (Å²) in [6.07, 6.45) is -0.159. The molecule has 0 fully saturated rings. The van der Waals surface area contributed by atoms with Gasteiger partial charge < -0.3 is 20.4 Å². The number of aromatic hydroxyl groups is 4. The number of rotatable bonds is 1. The second kappa shape index (κ2) is 3.11. The number of phenols is 4. The lowest BCUT2D eigenvalue weighted by Crippen LogP contribution is -1.84. The van der Waals surface area contributed by atoms with E-state index in [2.05, 4.69) is 0 Å². The van der Waals surface area contributed by atoms with Crippen LogP contribution >= 0.6 is 0 Å². The van der Waals surface area contributed by atoms with Crippen LogP contribution in [0.2, 0.25) is 0 Å². The van der Waals surface area contributed by atoms with Gasteiger partial charge in [-0.25, -0.2) is 0 Å². The molecule has 0 amide bonds. The maximum Gasteiger partial charge on any atom is 0.204 e. The summed E-state index contributed by atoms with van der Waals surface area (Å²) in [7, 11) is 0. The zero-order chi connectivity index (χ0) is 10.0. The molecule has 0 aromatic heterocycles. The fourth-order valence-corrected chi connectivity index (χ4v) is 0.907. The third kappa shape index (κ3) is 1.42. The van der Waals surface area contributed by atoms with E-state index >= 15 is 0 Å². The molecule has 5 heteroatoms. The molecule has 1 aromatic carbocycles. The van der Waals surface area contributed by atoms with Gasteiger partial charge in [-0.15, -0.1) is 0 Å². The molecule has 0 aliphatic heterocycles. The van der Waals surface area contributed by atoms with Gasteiger partial charge in [-0.3, -0.25) is 0 Å². The molecule has 0 spiro atoms. The molecule has 0 heterocycles. The van der Waals surface area contributed by atoms with E-state index < -0.39 is 23.0 Å². The highest BCUT2D eigenvalue weighted by Gasteiger charge is 2.15. The Hall–Kier alpha value is -2.09. The maximum absolute atomic E-state index is 9.16. The van der Waals surface area contributed by atoms with Crippen LogP contribution in [0.15, 0.2) is 6.07 Å². The largest absolute Gasteiger partial charge is 0.504 e. The van der Waals surface area contributed by atoms with Crippen molar-refractivity contribution >= 4 is 0 Å². The number of benzene rings is 1. The Balaban J connectivity index is 3.34. The molecule has 0 aliphatic carbocycles. The first kappa shape index (κ1) is 9.00. The number of hydrogen-bond acceptors (Lipinski definition) is 5. The van der Waals surface area contributed by atoms with Crippen LogP contribution < -0.4 is 0 Å². The van der Waals surface area contributed by atoms with E-state index in [4.69, 9.17) is 25.7 Å². The minimum Gasteiger partial charge on any atom is -0.504 e. The number of phenolic OH excluding ortho intramolecular Hbond substituents is 4. The molecule has 0 bridgehead atoms. The molecule has 0 atom stereocenters. The van der Waals surface area contributed by atoms with Crippen molar-refractivity contribution in [2.75, 3.05) is 0 Å². The van der Waals surface area contributed by atoms with Crippen LogP contribution in [-0.2, 0) is 6.42 Å². The second-order valence-electron chi connectivity index (χ2n) is 2.44. The summed E-state index contributed by atoms with van der Waals surface area (Å²) in [5.41, 5.74) is 0.0651. The number of nitriles is 1. The van der Waals surface area contributed by atoms with Crippen molar-refractivity contribution in [1.82, 2.24) is 0 Å². The van der Waals surface area contributed by atoms with Gasteiger partial charge in [0.2, 0.25) is 11.5 Å². The second-order valence-corrected chi connectivity index (χ2v) is 2.44. The van der Waals surface area contributed by atoms with E-state index in [1.165, 1.54) is 0 Å². The highest BCUT2D eigenvalue weighted by atomic mass is 16.3. The van der Waals surface area contributed by atoms with E-state index in [0.29, 0.717) is 0 Å². The van der Waals surface area contributed by atoms with Crippen molar-refractivity contribution in [2.24, 2.45) is 0 Å². The maximum atomic E-state index is 9.16. The molecule has 0 saturated carbocycles. The molecule has 4 N–H and O–H groups in total. The molecule has 1 rings (SSSR count). The van der Waals surface area contributed by atoms with E-state index in [1.54, 1.807) is 6.07 Å². The molecule has 0 radical (unpaired) electrons. The van der Waals surface area contributed by atoms with Crippen LogP contribution in [0.4, 0.5) is 0 Å². The van der Waals surface area contributed by atoms with Crippen LogP contribution in [0.1, 0.15) is 5.56 Å². The third-order valence-electron chi connectivity index (χ3n) is 1.58. The van der Waals surface area contributed by atoms with Gasteiger partial charge in [0.15, 0.2) is 11.5 Å². The third-order valence-corrected chi connectivity index (χ3v) is 1.58. The Morgan fingerprint density at radius 2 is 1.69 bits per heavy atom. The Morgan fingerprint density at radius 1 is 1.08 bits per heavy atom. The Morgan fingerprint density at radius 3 is 2.23 bits per heavy atom. The van der Waals surface area contributed by atoms with Crippen LogP contribution in [0.25, 0.3) is 0 Å². The highest BCUT2D eigenvalue weighted by molar-refractivity contribution is 5.60. The summed E-state index contributed by atoms with van der Waals surface area (Å²) in [6.45, 7) is 0. The monoisotopic (exact) mass is 181 g/mol. The van der Waals surface area contributed by atoms with Crippen molar-refractivity contribution in [1.29, 1.82) is 5.26 Å². The van der Waals surface area contributed by atoms with Crippen LogP contribution in [-0.4, -0.2) is 20.4 Å². The Labute approximate surface area is 73.7 Å². The van der Waals surface area contributed by atoms with E-state index in [-0.39, 0.29) is 12.0 Å². The Bertz CT molecular complexity index is 381. The highest BCUT2D eigenvalue weighted by Crippen LogP contribution is 2.43. The average molecular weight is 181 g/mol. The molecule has 68 valence electrons. The lowest BCUT2D eigenvalue weighted by atomic mass is 10.1. The van der Waals surface area contributed by atoms with Crippen molar-refractivity contribution in [2.45, 2.75) is 6.42 Å². The van der Waals surface area contributed by atoms with Gasteiger partial charge in [0.05, 0.1) is 12.5 Å². The van der Waals surface area contributed by atoms with Crippen molar-refractivity contribution in [3.63, 3.8) is 0 Å². The van der Waals surface area contributed by atoms with E-state index in [9.17, 15) is 0 Å². The molecule has 13 heavy (non-hydrogen) atoms. The van der Waals surface area contributed by atoms with Gasteiger partial charge in [-0.05, 0) is 6.07 Å². The van der Waals surface area contributed by atoms with Crippen LogP contribution in [0.5, 0.6) is 23.0 Å². The lowest BCUT2D eigenvalue weighted by Gasteiger charge is -2.06. The molecular weight excluding hydrogens is 174 g/mol. The number of hydrogen-bond donors (Lipinski definition) is 4. The Kier molecular flexibility index (Phi) is 2.15. The first-order valence-electron chi connectivity index (χ1n) is 3.40. The molecule has 0 unspecified atom stereocenters.